The molecule has 0 aliphatic heterocycles. The molecule has 0 saturated carbocycles. The fraction of sp³-hybridized carbons (Fsp3) is 0.250. The SMILES string of the molecule is COc1ccc(Nc2cc(OC)c(OC)cc2Nc2cc(OC)c(OC)c(OC)c2)cc1. The van der Waals surface area contributed by atoms with E-state index in [0.717, 1.165) is 28.5 Å². The van der Waals surface area contributed by atoms with Crippen LogP contribution >= 0.6 is 0 Å². The molecule has 3 aromatic carbocycles. The summed E-state index contributed by atoms with van der Waals surface area (Å²) in [6.45, 7) is 0. The monoisotopic (exact) mass is 440 g/mol. The van der Waals surface area contributed by atoms with Crippen molar-refractivity contribution in [2.45, 2.75) is 0 Å². The van der Waals surface area contributed by atoms with Gasteiger partial charge in [0.05, 0.1) is 54.0 Å². The lowest BCUT2D eigenvalue weighted by Crippen LogP contribution is -2.02. The van der Waals surface area contributed by atoms with E-state index in [4.69, 9.17) is 28.4 Å². The largest absolute Gasteiger partial charge is 0.497 e. The van der Waals surface area contributed by atoms with Crippen LogP contribution < -0.4 is 39.1 Å². The van der Waals surface area contributed by atoms with E-state index in [-0.39, 0.29) is 0 Å². The molecule has 0 bridgehead atoms. The van der Waals surface area contributed by atoms with Gasteiger partial charge in [0.25, 0.3) is 0 Å². The van der Waals surface area contributed by atoms with Crippen molar-refractivity contribution in [3.05, 3.63) is 48.5 Å². The zero-order valence-corrected chi connectivity index (χ0v) is 19.1. The standard InChI is InChI=1S/C24H28N2O6/c1-27-17-9-7-15(8-10-17)25-18-13-20(28-2)21(29-3)14-19(18)26-16-11-22(30-4)24(32-6)23(12-16)31-5/h7-14,25-26H,1-6H3. The maximum absolute atomic E-state index is 5.50. The summed E-state index contributed by atoms with van der Waals surface area (Å²) in [6.07, 6.45) is 0. The lowest BCUT2D eigenvalue weighted by atomic mass is 10.2. The minimum atomic E-state index is 0.518. The van der Waals surface area contributed by atoms with Crippen molar-refractivity contribution in [2.75, 3.05) is 53.3 Å². The third-order valence-corrected chi connectivity index (χ3v) is 4.84. The average Bonchev–Trinajstić information content (AvgIpc) is 2.84. The van der Waals surface area contributed by atoms with Crippen LogP contribution in [0.1, 0.15) is 0 Å². The first-order valence-corrected chi connectivity index (χ1v) is 9.81. The highest BCUT2D eigenvalue weighted by Crippen LogP contribution is 2.43. The van der Waals surface area contributed by atoms with Gasteiger partial charge in [-0.2, -0.15) is 0 Å². The number of benzene rings is 3. The number of hydrogen-bond donors (Lipinski definition) is 2. The Bertz CT molecular complexity index is 1030. The quantitative estimate of drug-likeness (QED) is 0.444. The van der Waals surface area contributed by atoms with Gasteiger partial charge in [0, 0.05) is 35.6 Å². The molecule has 2 N–H and O–H groups in total. The van der Waals surface area contributed by atoms with E-state index in [0.29, 0.717) is 28.7 Å². The number of nitrogens with one attached hydrogen (secondary N) is 2. The summed E-state index contributed by atoms with van der Waals surface area (Å²) in [4.78, 5) is 0. The van der Waals surface area contributed by atoms with Crippen molar-refractivity contribution in [1.82, 2.24) is 0 Å². The van der Waals surface area contributed by atoms with Gasteiger partial charge in [0.2, 0.25) is 5.75 Å². The van der Waals surface area contributed by atoms with Gasteiger partial charge in [-0.05, 0) is 24.3 Å². The topological polar surface area (TPSA) is 79.4 Å². The van der Waals surface area contributed by atoms with Crippen LogP contribution in [0.3, 0.4) is 0 Å². The van der Waals surface area contributed by atoms with E-state index in [1.807, 2.05) is 48.5 Å². The molecule has 0 fully saturated rings. The molecule has 8 nitrogen and oxygen atoms in total. The first kappa shape index (κ1) is 22.7. The van der Waals surface area contributed by atoms with Gasteiger partial charge in [-0.1, -0.05) is 0 Å². The molecule has 0 aliphatic rings. The molecule has 0 radical (unpaired) electrons. The summed E-state index contributed by atoms with van der Waals surface area (Å²) in [5.41, 5.74) is 3.16. The number of rotatable bonds is 10. The summed E-state index contributed by atoms with van der Waals surface area (Å²) in [5.74, 6) is 3.56. The van der Waals surface area contributed by atoms with Crippen LogP contribution in [-0.4, -0.2) is 42.7 Å². The summed E-state index contributed by atoms with van der Waals surface area (Å²) in [7, 11) is 9.55. The van der Waals surface area contributed by atoms with Crippen LogP contribution in [0.4, 0.5) is 22.7 Å². The van der Waals surface area contributed by atoms with Crippen molar-refractivity contribution < 1.29 is 28.4 Å². The second kappa shape index (κ2) is 10.4. The van der Waals surface area contributed by atoms with Gasteiger partial charge in [0.1, 0.15) is 5.75 Å². The minimum absolute atomic E-state index is 0.518. The van der Waals surface area contributed by atoms with Gasteiger partial charge >= 0.3 is 0 Å². The normalized spacial score (nSPS) is 10.2. The Balaban J connectivity index is 2.04. The van der Waals surface area contributed by atoms with Crippen molar-refractivity contribution in [2.24, 2.45) is 0 Å². The Hall–Kier alpha value is -3.94. The predicted octanol–water partition coefficient (Wildman–Crippen LogP) is 5.23. The van der Waals surface area contributed by atoms with Crippen LogP contribution in [0.25, 0.3) is 0 Å². The Kier molecular flexibility index (Phi) is 7.38. The molecule has 170 valence electrons. The van der Waals surface area contributed by atoms with E-state index >= 15 is 0 Å². The molecule has 0 unspecified atom stereocenters. The van der Waals surface area contributed by atoms with Crippen LogP contribution in [0.15, 0.2) is 48.5 Å². The second-order valence-electron chi connectivity index (χ2n) is 6.65. The number of anilines is 4. The zero-order chi connectivity index (χ0) is 23.1. The lowest BCUT2D eigenvalue weighted by molar-refractivity contribution is 0.324. The fourth-order valence-corrected chi connectivity index (χ4v) is 3.22. The van der Waals surface area contributed by atoms with E-state index < -0.39 is 0 Å². The molecule has 0 aromatic heterocycles. The van der Waals surface area contributed by atoms with Crippen LogP contribution in [-0.2, 0) is 0 Å². The summed E-state index contributed by atoms with van der Waals surface area (Å²) >= 11 is 0. The van der Waals surface area contributed by atoms with Gasteiger partial charge < -0.3 is 39.1 Å². The first-order valence-electron chi connectivity index (χ1n) is 9.81. The summed E-state index contributed by atoms with van der Waals surface area (Å²) in [6, 6.07) is 15.0. The van der Waals surface area contributed by atoms with E-state index in [2.05, 4.69) is 10.6 Å². The second-order valence-corrected chi connectivity index (χ2v) is 6.65. The van der Waals surface area contributed by atoms with Crippen molar-refractivity contribution in [1.29, 1.82) is 0 Å². The molecule has 0 amide bonds. The number of methoxy groups -OCH3 is 6. The fourth-order valence-electron chi connectivity index (χ4n) is 3.22. The zero-order valence-electron chi connectivity index (χ0n) is 19.1. The molecular formula is C24H28N2O6. The van der Waals surface area contributed by atoms with E-state index in [1.165, 1.54) is 0 Å². The molecule has 0 spiro atoms. The minimum Gasteiger partial charge on any atom is -0.497 e. The van der Waals surface area contributed by atoms with E-state index in [9.17, 15) is 0 Å². The number of ether oxygens (including phenoxy) is 6. The van der Waals surface area contributed by atoms with Crippen LogP contribution in [0.5, 0.6) is 34.5 Å². The predicted molar refractivity (Wildman–Crippen MR) is 125 cm³/mol. The molecule has 32 heavy (non-hydrogen) atoms. The highest BCUT2D eigenvalue weighted by atomic mass is 16.5. The smallest absolute Gasteiger partial charge is 0.203 e. The van der Waals surface area contributed by atoms with Crippen molar-refractivity contribution in [3.63, 3.8) is 0 Å². The molecule has 0 saturated heterocycles. The summed E-state index contributed by atoms with van der Waals surface area (Å²) < 4.78 is 32.6. The Labute approximate surface area is 188 Å². The third kappa shape index (κ3) is 4.85. The highest BCUT2D eigenvalue weighted by Gasteiger charge is 2.16. The molecule has 0 aliphatic carbocycles. The number of hydrogen-bond acceptors (Lipinski definition) is 8. The molecule has 0 heterocycles. The molecular weight excluding hydrogens is 412 g/mol. The van der Waals surface area contributed by atoms with Crippen LogP contribution in [0.2, 0.25) is 0 Å². The highest BCUT2D eigenvalue weighted by molar-refractivity contribution is 5.82. The Morgan fingerprint density at radius 1 is 0.469 bits per heavy atom. The van der Waals surface area contributed by atoms with Crippen molar-refractivity contribution in [3.8, 4) is 34.5 Å². The van der Waals surface area contributed by atoms with Gasteiger partial charge in [-0.25, -0.2) is 0 Å². The molecule has 3 aromatic rings. The van der Waals surface area contributed by atoms with Crippen LogP contribution in [0, 0.1) is 0 Å². The van der Waals surface area contributed by atoms with Gasteiger partial charge in [0.15, 0.2) is 23.0 Å². The maximum Gasteiger partial charge on any atom is 0.203 e. The summed E-state index contributed by atoms with van der Waals surface area (Å²) in [5, 5.41) is 6.81. The maximum atomic E-state index is 5.50. The third-order valence-electron chi connectivity index (χ3n) is 4.84. The average molecular weight is 440 g/mol. The van der Waals surface area contributed by atoms with E-state index in [1.54, 1.807) is 42.7 Å². The lowest BCUT2D eigenvalue weighted by Gasteiger charge is -2.19. The molecule has 0 atom stereocenters. The Morgan fingerprint density at radius 3 is 1.34 bits per heavy atom. The molecule has 8 heteroatoms. The van der Waals surface area contributed by atoms with Gasteiger partial charge in [-0.3, -0.25) is 0 Å². The van der Waals surface area contributed by atoms with Gasteiger partial charge in [-0.15, -0.1) is 0 Å². The molecule has 3 rings (SSSR count). The Morgan fingerprint density at radius 2 is 0.938 bits per heavy atom. The first-order chi connectivity index (χ1) is 15.6. The van der Waals surface area contributed by atoms with Crippen molar-refractivity contribution >= 4 is 22.7 Å².